The molecule has 1 heterocycles. The maximum absolute atomic E-state index is 12.3. The first kappa shape index (κ1) is 16.2. The summed E-state index contributed by atoms with van der Waals surface area (Å²) in [5.74, 6) is -1.25. The van der Waals surface area contributed by atoms with Crippen molar-refractivity contribution in [1.29, 1.82) is 0 Å². The third kappa shape index (κ3) is 3.18. The summed E-state index contributed by atoms with van der Waals surface area (Å²) in [6.45, 7) is 0.191. The van der Waals surface area contributed by atoms with E-state index in [1.807, 2.05) is 30.3 Å². The molecule has 3 aromatic rings. The highest BCUT2D eigenvalue weighted by Gasteiger charge is 2.20. The number of carbonyl (C=O) groups excluding carboxylic acids is 1. The molecular formula is C17H13N3O5. The van der Waals surface area contributed by atoms with Gasteiger partial charge in [0.1, 0.15) is 11.3 Å². The predicted octanol–water partition coefficient (Wildman–Crippen LogP) is 2.07. The van der Waals surface area contributed by atoms with Crippen LogP contribution in [-0.2, 0) is 6.54 Å². The number of nitro groups is 1. The molecule has 3 rings (SSSR count). The molecule has 1 aromatic heterocycles. The minimum atomic E-state index is -0.823. The van der Waals surface area contributed by atoms with Crippen molar-refractivity contribution in [1.82, 2.24) is 10.3 Å². The van der Waals surface area contributed by atoms with Crippen LogP contribution in [0.25, 0.3) is 10.9 Å². The van der Waals surface area contributed by atoms with Crippen molar-refractivity contribution in [3.05, 3.63) is 80.1 Å². The summed E-state index contributed by atoms with van der Waals surface area (Å²) in [6.07, 6.45) is 0. The van der Waals surface area contributed by atoms with Gasteiger partial charge in [0.05, 0.1) is 10.4 Å². The van der Waals surface area contributed by atoms with Crippen LogP contribution in [0.15, 0.2) is 53.3 Å². The average Bonchev–Trinajstić information content (AvgIpc) is 2.60. The van der Waals surface area contributed by atoms with Gasteiger partial charge in [-0.2, -0.15) is 0 Å². The number of amides is 1. The standard InChI is InChI=1S/C17H13N3O5/c21-15-12-7-6-11(20(24)25)8-13(12)19-17(23)14(15)16(22)18-9-10-4-2-1-3-5-10/h1-8H,9H2,(H,18,22)(H2,19,21,23). The Morgan fingerprint density at radius 1 is 1.20 bits per heavy atom. The number of benzene rings is 2. The zero-order chi connectivity index (χ0) is 18.0. The molecule has 0 unspecified atom stereocenters. The Bertz CT molecular complexity index is 1030. The van der Waals surface area contributed by atoms with Gasteiger partial charge in [0.2, 0.25) is 0 Å². The van der Waals surface area contributed by atoms with Gasteiger partial charge in [0, 0.05) is 24.1 Å². The largest absolute Gasteiger partial charge is 0.506 e. The number of nitrogens with one attached hydrogen (secondary N) is 2. The molecule has 0 aliphatic heterocycles. The van der Waals surface area contributed by atoms with Crippen LogP contribution >= 0.6 is 0 Å². The zero-order valence-electron chi connectivity index (χ0n) is 12.9. The average molecular weight is 339 g/mol. The highest BCUT2D eigenvalue weighted by atomic mass is 16.6. The first-order valence-corrected chi connectivity index (χ1v) is 7.33. The van der Waals surface area contributed by atoms with E-state index in [4.69, 9.17) is 0 Å². The molecule has 0 saturated heterocycles. The van der Waals surface area contributed by atoms with Gasteiger partial charge in [0.15, 0.2) is 0 Å². The summed E-state index contributed by atoms with van der Waals surface area (Å²) >= 11 is 0. The van der Waals surface area contributed by atoms with E-state index in [2.05, 4.69) is 10.3 Å². The number of hydrogen-bond donors (Lipinski definition) is 3. The summed E-state index contributed by atoms with van der Waals surface area (Å²) < 4.78 is 0. The number of aromatic amines is 1. The first-order valence-electron chi connectivity index (χ1n) is 7.33. The van der Waals surface area contributed by atoms with E-state index in [-0.39, 0.29) is 23.1 Å². The second kappa shape index (κ2) is 6.44. The van der Waals surface area contributed by atoms with Gasteiger partial charge in [-0.25, -0.2) is 0 Å². The molecule has 8 heteroatoms. The fourth-order valence-electron chi connectivity index (χ4n) is 2.46. The minimum absolute atomic E-state index is 0.0799. The Kier molecular flexibility index (Phi) is 4.17. The fraction of sp³-hybridized carbons (Fsp3) is 0.0588. The molecule has 0 atom stereocenters. The Hall–Kier alpha value is -3.68. The number of aromatic hydroxyl groups is 1. The number of hydrogen-bond acceptors (Lipinski definition) is 5. The number of nitro benzene ring substituents is 1. The van der Waals surface area contributed by atoms with E-state index >= 15 is 0 Å². The normalized spacial score (nSPS) is 10.6. The third-order valence-corrected chi connectivity index (χ3v) is 3.70. The van der Waals surface area contributed by atoms with E-state index in [0.29, 0.717) is 0 Å². The smallest absolute Gasteiger partial charge is 0.271 e. The van der Waals surface area contributed by atoms with E-state index in [1.54, 1.807) is 0 Å². The molecule has 25 heavy (non-hydrogen) atoms. The Morgan fingerprint density at radius 3 is 2.60 bits per heavy atom. The van der Waals surface area contributed by atoms with Crippen LogP contribution in [0.5, 0.6) is 5.75 Å². The lowest BCUT2D eigenvalue weighted by molar-refractivity contribution is -0.384. The lowest BCUT2D eigenvalue weighted by atomic mass is 10.1. The number of pyridine rings is 1. The molecule has 0 aliphatic carbocycles. The number of aromatic nitrogens is 1. The highest BCUT2D eigenvalue weighted by Crippen LogP contribution is 2.27. The summed E-state index contributed by atoms with van der Waals surface area (Å²) in [4.78, 5) is 37.0. The summed E-state index contributed by atoms with van der Waals surface area (Å²) in [5, 5.41) is 23.8. The molecule has 3 N–H and O–H groups in total. The van der Waals surface area contributed by atoms with Crippen molar-refractivity contribution in [2.75, 3.05) is 0 Å². The van der Waals surface area contributed by atoms with Crippen LogP contribution in [0.2, 0.25) is 0 Å². The van der Waals surface area contributed by atoms with Crippen LogP contribution in [0, 0.1) is 10.1 Å². The van der Waals surface area contributed by atoms with Gasteiger partial charge in [-0.05, 0) is 11.6 Å². The number of non-ortho nitro benzene ring substituents is 1. The van der Waals surface area contributed by atoms with E-state index in [0.717, 1.165) is 11.6 Å². The number of rotatable bonds is 4. The lowest BCUT2D eigenvalue weighted by Gasteiger charge is -2.08. The van der Waals surface area contributed by atoms with Crippen LogP contribution in [0.1, 0.15) is 15.9 Å². The lowest BCUT2D eigenvalue weighted by Crippen LogP contribution is -2.29. The highest BCUT2D eigenvalue weighted by molar-refractivity contribution is 6.02. The van der Waals surface area contributed by atoms with Crippen LogP contribution in [0.4, 0.5) is 5.69 Å². The van der Waals surface area contributed by atoms with Crippen molar-refractivity contribution in [3.8, 4) is 5.75 Å². The Balaban J connectivity index is 1.96. The molecule has 0 bridgehead atoms. The van der Waals surface area contributed by atoms with Crippen molar-refractivity contribution >= 4 is 22.5 Å². The second-order valence-electron chi connectivity index (χ2n) is 5.33. The zero-order valence-corrected chi connectivity index (χ0v) is 12.9. The van der Waals surface area contributed by atoms with Crippen molar-refractivity contribution in [2.45, 2.75) is 6.54 Å². The van der Waals surface area contributed by atoms with E-state index < -0.39 is 27.7 Å². The molecule has 2 aromatic carbocycles. The number of fused-ring (bicyclic) bond motifs is 1. The van der Waals surface area contributed by atoms with Crippen molar-refractivity contribution in [2.24, 2.45) is 0 Å². The Labute approximate surface area is 140 Å². The van der Waals surface area contributed by atoms with Crippen LogP contribution < -0.4 is 10.9 Å². The van der Waals surface area contributed by atoms with E-state index in [9.17, 15) is 24.8 Å². The molecule has 0 aliphatic rings. The summed E-state index contributed by atoms with van der Waals surface area (Å²) in [6, 6.07) is 12.7. The van der Waals surface area contributed by atoms with E-state index in [1.165, 1.54) is 12.1 Å². The molecule has 0 spiro atoms. The van der Waals surface area contributed by atoms with Gasteiger partial charge >= 0.3 is 0 Å². The van der Waals surface area contributed by atoms with Crippen molar-refractivity contribution in [3.63, 3.8) is 0 Å². The minimum Gasteiger partial charge on any atom is -0.506 e. The van der Waals surface area contributed by atoms with Gasteiger partial charge < -0.3 is 15.4 Å². The van der Waals surface area contributed by atoms with Crippen LogP contribution in [0.3, 0.4) is 0 Å². The first-order chi connectivity index (χ1) is 12.0. The molecule has 0 saturated carbocycles. The Morgan fingerprint density at radius 2 is 1.92 bits per heavy atom. The predicted molar refractivity (Wildman–Crippen MR) is 90.5 cm³/mol. The second-order valence-corrected chi connectivity index (χ2v) is 5.33. The summed E-state index contributed by atoms with van der Waals surface area (Å²) in [7, 11) is 0. The molecule has 8 nitrogen and oxygen atoms in total. The maximum Gasteiger partial charge on any atom is 0.271 e. The molecule has 0 radical (unpaired) electrons. The van der Waals surface area contributed by atoms with Crippen molar-refractivity contribution < 1.29 is 14.8 Å². The maximum atomic E-state index is 12.3. The third-order valence-electron chi connectivity index (χ3n) is 3.70. The monoisotopic (exact) mass is 339 g/mol. The van der Waals surface area contributed by atoms with Gasteiger partial charge in [-0.1, -0.05) is 30.3 Å². The topological polar surface area (TPSA) is 125 Å². The molecule has 0 fully saturated rings. The number of carbonyl (C=O) groups is 1. The molecule has 126 valence electrons. The van der Waals surface area contributed by atoms with Gasteiger partial charge in [-0.3, -0.25) is 19.7 Å². The quantitative estimate of drug-likeness (QED) is 0.495. The SMILES string of the molecule is O=C(NCc1ccccc1)c1c(O)c2ccc([N+](=O)[O-])cc2[nH]c1=O. The fourth-order valence-corrected chi connectivity index (χ4v) is 2.46. The summed E-state index contributed by atoms with van der Waals surface area (Å²) in [5.41, 5.74) is -0.573. The molecular weight excluding hydrogens is 326 g/mol. The van der Waals surface area contributed by atoms with Gasteiger partial charge in [-0.15, -0.1) is 0 Å². The van der Waals surface area contributed by atoms with Gasteiger partial charge in [0.25, 0.3) is 17.2 Å². The number of H-pyrrole nitrogens is 1. The van der Waals surface area contributed by atoms with Crippen LogP contribution in [-0.4, -0.2) is 20.9 Å². The number of nitrogens with zero attached hydrogens (tertiary/aromatic N) is 1. The molecule has 1 amide bonds.